The van der Waals surface area contributed by atoms with Crippen molar-refractivity contribution in [1.29, 1.82) is 0 Å². The van der Waals surface area contributed by atoms with Crippen molar-refractivity contribution in [2.75, 3.05) is 36.4 Å². The first kappa shape index (κ1) is 12.6. The fourth-order valence-corrected chi connectivity index (χ4v) is 1.99. The number of nitrogens with one attached hydrogen (secondary N) is 2. The lowest BCUT2D eigenvalue weighted by atomic mass is 10.4. The number of nitrogens with zero attached hydrogens (tertiary/aromatic N) is 3. The molecule has 0 aromatic carbocycles. The van der Waals surface area contributed by atoms with E-state index in [-0.39, 0.29) is 5.91 Å². The molecule has 98 valence electrons. The molecular formula is C12H19N5O. The molecule has 1 aliphatic heterocycles. The van der Waals surface area contributed by atoms with Crippen LogP contribution in [0.2, 0.25) is 0 Å². The standard InChI is InChI=1S/C12H19N5O/c1-10(18)13-4-5-14-11-8-12(16-9-15-11)17-6-2-3-7-17/h8-9H,2-7H2,1H3,(H,13,18)(H,14,15,16). The fourth-order valence-electron chi connectivity index (χ4n) is 1.99. The summed E-state index contributed by atoms with van der Waals surface area (Å²) in [7, 11) is 0. The van der Waals surface area contributed by atoms with Gasteiger partial charge >= 0.3 is 0 Å². The third-order valence-electron chi connectivity index (χ3n) is 2.89. The number of carbonyl (C=O) groups excluding carboxylic acids is 1. The molecule has 6 nitrogen and oxygen atoms in total. The van der Waals surface area contributed by atoms with E-state index in [0.717, 1.165) is 24.7 Å². The molecule has 1 aromatic heterocycles. The second-order valence-electron chi connectivity index (χ2n) is 4.37. The Bertz CT molecular complexity index is 403. The average molecular weight is 249 g/mol. The Labute approximate surface area is 107 Å². The van der Waals surface area contributed by atoms with Gasteiger partial charge in [-0.2, -0.15) is 0 Å². The van der Waals surface area contributed by atoms with Crippen LogP contribution in [-0.2, 0) is 4.79 Å². The van der Waals surface area contributed by atoms with E-state index in [1.54, 1.807) is 6.33 Å². The van der Waals surface area contributed by atoms with Crippen molar-refractivity contribution in [3.05, 3.63) is 12.4 Å². The summed E-state index contributed by atoms with van der Waals surface area (Å²) in [4.78, 5) is 21.4. The van der Waals surface area contributed by atoms with E-state index in [1.165, 1.54) is 19.8 Å². The summed E-state index contributed by atoms with van der Waals surface area (Å²) < 4.78 is 0. The Balaban J connectivity index is 1.85. The summed E-state index contributed by atoms with van der Waals surface area (Å²) in [6.45, 7) is 4.91. The first-order chi connectivity index (χ1) is 8.75. The Morgan fingerprint density at radius 3 is 2.83 bits per heavy atom. The normalized spacial score (nSPS) is 14.6. The zero-order valence-corrected chi connectivity index (χ0v) is 10.6. The lowest BCUT2D eigenvalue weighted by Gasteiger charge is -2.16. The number of hydrogen-bond donors (Lipinski definition) is 2. The SMILES string of the molecule is CC(=O)NCCNc1cc(N2CCCC2)ncn1. The molecule has 1 aromatic rings. The molecule has 6 heteroatoms. The number of rotatable bonds is 5. The highest BCUT2D eigenvalue weighted by Gasteiger charge is 2.13. The highest BCUT2D eigenvalue weighted by Crippen LogP contribution is 2.18. The van der Waals surface area contributed by atoms with E-state index in [2.05, 4.69) is 25.5 Å². The lowest BCUT2D eigenvalue weighted by molar-refractivity contribution is -0.118. The van der Waals surface area contributed by atoms with Gasteiger partial charge in [0, 0.05) is 39.2 Å². The Morgan fingerprint density at radius 2 is 2.11 bits per heavy atom. The van der Waals surface area contributed by atoms with E-state index < -0.39 is 0 Å². The van der Waals surface area contributed by atoms with Crippen LogP contribution in [-0.4, -0.2) is 42.1 Å². The molecule has 1 fully saturated rings. The first-order valence-corrected chi connectivity index (χ1v) is 6.31. The van der Waals surface area contributed by atoms with Gasteiger partial charge in [-0.1, -0.05) is 0 Å². The van der Waals surface area contributed by atoms with Crippen molar-refractivity contribution in [2.24, 2.45) is 0 Å². The molecule has 0 atom stereocenters. The predicted molar refractivity (Wildman–Crippen MR) is 70.7 cm³/mol. The van der Waals surface area contributed by atoms with Gasteiger partial charge in [0.25, 0.3) is 0 Å². The van der Waals surface area contributed by atoms with Crippen LogP contribution >= 0.6 is 0 Å². The van der Waals surface area contributed by atoms with Crippen LogP contribution in [0, 0.1) is 0 Å². The molecule has 1 aliphatic rings. The van der Waals surface area contributed by atoms with E-state index in [0.29, 0.717) is 13.1 Å². The van der Waals surface area contributed by atoms with Crippen molar-refractivity contribution in [3.63, 3.8) is 0 Å². The monoisotopic (exact) mass is 249 g/mol. The minimum absolute atomic E-state index is 0.0164. The molecule has 0 saturated carbocycles. The number of hydrogen-bond acceptors (Lipinski definition) is 5. The van der Waals surface area contributed by atoms with Crippen LogP contribution in [0.15, 0.2) is 12.4 Å². The van der Waals surface area contributed by atoms with Crippen molar-refractivity contribution in [1.82, 2.24) is 15.3 Å². The zero-order chi connectivity index (χ0) is 12.8. The van der Waals surface area contributed by atoms with Crippen molar-refractivity contribution >= 4 is 17.5 Å². The smallest absolute Gasteiger partial charge is 0.216 e. The molecule has 0 bridgehead atoms. The molecule has 1 saturated heterocycles. The number of carbonyl (C=O) groups is 1. The van der Waals surface area contributed by atoms with Crippen molar-refractivity contribution in [2.45, 2.75) is 19.8 Å². The molecule has 0 spiro atoms. The average Bonchev–Trinajstić information content (AvgIpc) is 2.89. The molecule has 18 heavy (non-hydrogen) atoms. The highest BCUT2D eigenvalue weighted by molar-refractivity contribution is 5.72. The predicted octanol–water partition coefficient (Wildman–Crippen LogP) is 0.625. The summed E-state index contributed by atoms with van der Waals surface area (Å²) in [5, 5.41) is 5.90. The summed E-state index contributed by atoms with van der Waals surface area (Å²) >= 11 is 0. The van der Waals surface area contributed by atoms with E-state index in [4.69, 9.17) is 0 Å². The minimum Gasteiger partial charge on any atom is -0.368 e. The maximum absolute atomic E-state index is 10.7. The fraction of sp³-hybridized carbons (Fsp3) is 0.583. The highest BCUT2D eigenvalue weighted by atomic mass is 16.1. The van der Waals surface area contributed by atoms with Gasteiger partial charge < -0.3 is 15.5 Å². The van der Waals surface area contributed by atoms with Crippen LogP contribution in [0.25, 0.3) is 0 Å². The molecule has 1 amide bonds. The zero-order valence-electron chi connectivity index (χ0n) is 10.6. The van der Waals surface area contributed by atoms with E-state index in [1.807, 2.05) is 6.07 Å². The third kappa shape index (κ3) is 3.58. The second-order valence-corrected chi connectivity index (χ2v) is 4.37. The third-order valence-corrected chi connectivity index (χ3v) is 2.89. The number of amides is 1. The van der Waals surface area contributed by atoms with Gasteiger partial charge in [-0.25, -0.2) is 9.97 Å². The second kappa shape index (κ2) is 6.18. The molecular weight excluding hydrogens is 230 g/mol. The Hall–Kier alpha value is -1.85. The quantitative estimate of drug-likeness (QED) is 0.749. The van der Waals surface area contributed by atoms with Crippen LogP contribution in [0.1, 0.15) is 19.8 Å². The van der Waals surface area contributed by atoms with Crippen LogP contribution < -0.4 is 15.5 Å². The van der Waals surface area contributed by atoms with Crippen LogP contribution in [0.5, 0.6) is 0 Å². The largest absolute Gasteiger partial charge is 0.368 e. The summed E-state index contributed by atoms with van der Waals surface area (Å²) in [5.74, 6) is 1.76. The van der Waals surface area contributed by atoms with Gasteiger partial charge in [-0.05, 0) is 12.8 Å². The van der Waals surface area contributed by atoms with Crippen LogP contribution in [0.4, 0.5) is 11.6 Å². The van der Waals surface area contributed by atoms with Gasteiger partial charge in [-0.3, -0.25) is 4.79 Å². The van der Waals surface area contributed by atoms with Gasteiger partial charge in [0.2, 0.25) is 5.91 Å². The maximum atomic E-state index is 10.7. The number of anilines is 2. The molecule has 2 rings (SSSR count). The lowest BCUT2D eigenvalue weighted by Crippen LogP contribution is -2.26. The number of aromatic nitrogens is 2. The Kier molecular flexibility index (Phi) is 4.33. The van der Waals surface area contributed by atoms with E-state index in [9.17, 15) is 4.79 Å². The molecule has 2 N–H and O–H groups in total. The maximum Gasteiger partial charge on any atom is 0.216 e. The van der Waals surface area contributed by atoms with Gasteiger partial charge in [-0.15, -0.1) is 0 Å². The molecule has 2 heterocycles. The molecule has 0 radical (unpaired) electrons. The minimum atomic E-state index is -0.0164. The summed E-state index contributed by atoms with van der Waals surface area (Å²) in [6, 6.07) is 1.96. The molecule has 0 unspecified atom stereocenters. The molecule has 0 aliphatic carbocycles. The van der Waals surface area contributed by atoms with Gasteiger partial charge in [0.1, 0.15) is 18.0 Å². The summed E-state index contributed by atoms with van der Waals surface area (Å²) in [6.07, 6.45) is 4.04. The first-order valence-electron chi connectivity index (χ1n) is 6.31. The van der Waals surface area contributed by atoms with Crippen LogP contribution in [0.3, 0.4) is 0 Å². The van der Waals surface area contributed by atoms with Gasteiger partial charge in [0.15, 0.2) is 0 Å². The summed E-state index contributed by atoms with van der Waals surface area (Å²) in [5.41, 5.74) is 0. The van der Waals surface area contributed by atoms with E-state index >= 15 is 0 Å². The topological polar surface area (TPSA) is 70.2 Å². The Morgan fingerprint density at radius 1 is 1.33 bits per heavy atom. The van der Waals surface area contributed by atoms with Crippen molar-refractivity contribution < 1.29 is 4.79 Å². The van der Waals surface area contributed by atoms with Crippen molar-refractivity contribution in [3.8, 4) is 0 Å². The van der Waals surface area contributed by atoms with Gasteiger partial charge in [0.05, 0.1) is 0 Å².